The van der Waals surface area contributed by atoms with Gasteiger partial charge in [0.25, 0.3) is 0 Å². The predicted octanol–water partition coefficient (Wildman–Crippen LogP) is 1.46. The summed E-state index contributed by atoms with van der Waals surface area (Å²) in [4.78, 5) is 27.0. The van der Waals surface area contributed by atoms with Crippen LogP contribution in [0.1, 0.15) is 24.8 Å². The number of nitrogens with one attached hydrogen (secondary N) is 2. The van der Waals surface area contributed by atoms with Crippen molar-refractivity contribution in [2.45, 2.75) is 31.8 Å². The zero-order valence-electron chi connectivity index (χ0n) is 16.3. The van der Waals surface area contributed by atoms with Crippen molar-refractivity contribution in [2.24, 2.45) is 11.8 Å². The number of hydrogen-bond donors (Lipinski definition) is 2. The van der Waals surface area contributed by atoms with E-state index in [1.165, 1.54) is 0 Å². The standard InChI is InChI=1S/C20H27N3O4S/c1-26-10-9-23-19(25)15-8-7-13(11-16(15)22-20(23)28)18(24)21-12-14-5-3-4-6-17(14)27-2/h3-6,13,15-16H,7-12H2,1-2H3,(H,21,24)(H,22,28). The molecule has 1 saturated carbocycles. The Morgan fingerprint density at radius 2 is 2.11 bits per heavy atom. The third-order valence-electron chi connectivity index (χ3n) is 5.52. The van der Waals surface area contributed by atoms with E-state index in [9.17, 15) is 9.59 Å². The van der Waals surface area contributed by atoms with Crippen LogP contribution in [0, 0.1) is 11.8 Å². The first-order chi connectivity index (χ1) is 13.5. The van der Waals surface area contributed by atoms with Crippen molar-refractivity contribution in [1.82, 2.24) is 15.5 Å². The van der Waals surface area contributed by atoms with Crippen molar-refractivity contribution < 1.29 is 19.1 Å². The number of para-hydroxylation sites is 1. The monoisotopic (exact) mass is 405 g/mol. The summed E-state index contributed by atoms with van der Waals surface area (Å²) in [7, 11) is 3.22. The number of rotatable bonds is 7. The van der Waals surface area contributed by atoms with E-state index in [-0.39, 0.29) is 29.7 Å². The Hall–Kier alpha value is -2.19. The van der Waals surface area contributed by atoms with Crippen LogP contribution >= 0.6 is 12.2 Å². The van der Waals surface area contributed by atoms with E-state index in [0.717, 1.165) is 11.3 Å². The zero-order chi connectivity index (χ0) is 20.1. The van der Waals surface area contributed by atoms with Gasteiger partial charge in [-0.2, -0.15) is 0 Å². The summed E-state index contributed by atoms with van der Waals surface area (Å²) in [6, 6.07) is 7.54. The highest BCUT2D eigenvalue weighted by Crippen LogP contribution is 2.33. The van der Waals surface area contributed by atoms with Gasteiger partial charge in [-0.25, -0.2) is 0 Å². The Morgan fingerprint density at radius 1 is 1.32 bits per heavy atom. The van der Waals surface area contributed by atoms with Crippen molar-refractivity contribution in [1.29, 1.82) is 0 Å². The van der Waals surface area contributed by atoms with Crippen LogP contribution in [0.2, 0.25) is 0 Å². The molecule has 0 bridgehead atoms. The average molecular weight is 406 g/mol. The summed E-state index contributed by atoms with van der Waals surface area (Å²) in [5, 5.41) is 6.70. The number of benzene rings is 1. The van der Waals surface area contributed by atoms with Crippen LogP contribution in [-0.2, 0) is 20.9 Å². The maximum atomic E-state index is 12.8. The number of amides is 2. The van der Waals surface area contributed by atoms with E-state index >= 15 is 0 Å². The fraction of sp³-hybridized carbons (Fsp3) is 0.550. The largest absolute Gasteiger partial charge is 0.496 e. The number of fused-ring (bicyclic) bond motifs is 1. The van der Waals surface area contributed by atoms with Gasteiger partial charge in [0.15, 0.2) is 5.11 Å². The number of carbonyl (C=O) groups is 2. The van der Waals surface area contributed by atoms with Crippen LogP contribution in [0.4, 0.5) is 0 Å². The number of nitrogens with zero attached hydrogens (tertiary/aromatic N) is 1. The molecule has 1 aliphatic carbocycles. The summed E-state index contributed by atoms with van der Waals surface area (Å²) in [6.45, 7) is 1.31. The van der Waals surface area contributed by atoms with E-state index in [1.54, 1.807) is 19.1 Å². The Morgan fingerprint density at radius 3 is 2.86 bits per heavy atom. The molecular weight excluding hydrogens is 378 g/mol. The van der Waals surface area contributed by atoms with E-state index in [1.807, 2.05) is 24.3 Å². The average Bonchev–Trinajstić information content (AvgIpc) is 2.71. The van der Waals surface area contributed by atoms with Crippen LogP contribution in [0.3, 0.4) is 0 Å². The van der Waals surface area contributed by atoms with Crippen LogP contribution in [0.25, 0.3) is 0 Å². The smallest absolute Gasteiger partial charge is 0.233 e. The number of methoxy groups -OCH3 is 2. The molecule has 1 aliphatic heterocycles. The Kier molecular flexibility index (Phi) is 6.85. The number of carbonyl (C=O) groups excluding carboxylic acids is 2. The normalized spacial score (nSPS) is 24.4. The van der Waals surface area contributed by atoms with E-state index in [4.69, 9.17) is 21.7 Å². The van der Waals surface area contributed by atoms with Crippen molar-refractivity contribution in [2.75, 3.05) is 27.4 Å². The van der Waals surface area contributed by atoms with Crippen molar-refractivity contribution >= 4 is 29.1 Å². The first kappa shape index (κ1) is 20.5. The molecule has 2 N–H and O–H groups in total. The minimum absolute atomic E-state index is 0.00587. The Bertz CT molecular complexity index is 742. The highest BCUT2D eigenvalue weighted by atomic mass is 32.1. The van der Waals surface area contributed by atoms with Gasteiger partial charge < -0.3 is 20.1 Å². The second kappa shape index (κ2) is 9.34. The van der Waals surface area contributed by atoms with Crippen molar-refractivity contribution in [3.63, 3.8) is 0 Å². The van der Waals surface area contributed by atoms with Crippen LogP contribution in [0.15, 0.2) is 24.3 Å². The molecule has 1 heterocycles. The molecule has 1 aromatic carbocycles. The SMILES string of the molecule is COCCN1C(=O)C2CCC(C(=O)NCc3ccccc3OC)CC2NC1=S. The molecule has 1 saturated heterocycles. The topological polar surface area (TPSA) is 79.9 Å². The van der Waals surface area contributed by atoms with Gasteiger partial charge in [0, 0.05) is 31.2 Å². The molecule has 0 aromatic heterocycles. The molecule has 3 unspecified atom stereocenters. The lowest BCUT2D eigenvalue weighted by atomic mass is 9.76. The zero-order valence-corrected chi connectivity index (χ0v) is 17.1. The third kappa shape index (κ3) is 4.44. The molecule has 1 aromatic rings. The molecule has 152 valence electrons. The highest BCUT2D eigenvalue weighted by Gasteiger charge is 2.43. The molecule has 3 atom stereocenters. The second-order valence-electron chi connectivity index (χ2n) is 7.18. The van der Waals surface area contributed by atoms with E-state index < -0.39 is 0 Å². The summed E-state index contributed by atoms with van der Waals surface area (Å²) in [5.74, 6) is 0.531. The van der Waals surface area contributed by atoms with Gasteiger partial charge in [0.05, 0.1) is 26.2 Å². The molecule has 7 nitrogen and oxygen atoms in total. The maximum Gasteiger partial charge on any atom is 0.233 e. The van der Waals surface area contributed by atoms with E-state index in [2.05, 4.69) is 10.6 Å². The molecule has 28 heavy (non-hydrogen) atoms. The fourth-order valence-corrected chi connectivity index (χ4v) is 4.30. The van der Waals surface area contributed by atoms with Gasteiger partial charge in [0.2, 0.25) is 11.8 Å². The van der Waals surface area contributed by atoms with Crippen molar-refractivity contribution in [3.05, 3.63) is 29.8 Å². The molecule has 0 radical (unpaired) electrons. The van der Waals surface area contributed by atoms with Crippen LogP contribution in [0.5, 0.6) is 5.75 Å². The van der Waals surface area contributed by atoms with Gasteiger partial charge in [-0.3, -0.25) is 14.5 Å². The van der Waals surface area contributed by atoms with Gasteiger partial charge in [-0.15, -0.1) is 0 Å². The lowest BCUT2D eigenvalue weighted by Gasteiger charge is -2.43. The molecular formula is C20H27N3O4S. The highest BCUT2D eigenvalue weighted by molar-refractivity contribution is 7.80. The summed E-state index contributed by atoms with van der Waals surface area (Å²) < 4.78 is 10.4. The summed E-state index contributed by atoms with van der Waals surface area (Å²) >= 11 is 5.36. The summed E-state index contributed by atoms with van der Waals surface area (Å²) in [6.07, 6.45) is 1.97. The Balaban J connectivity index is 1.57. The van der Waals surface area contributed by atoms with E-state index in [0.29, 0.717) is 44.1 Å². The van der Waals surface area contributed by atoms with Crippen LogP contribution in [-0.4, -0.2) is 55.2 Å². The first-order valence-corrected chi connectivity index (χ1v) is 9.96. The number of ether oxygens (including phenoxy) is 2. The molecule has 8 heteroatoms. The molecule has 2 aliphatic rings. The maximum absolute atomic E-state index is 12.8. The molecule has 2 amide bonds. The predicted molar refractivity (Wildman–Crippen MR) is 109 cm³/mol. The van der Waals surface area contributed by atoms with Gasteiger partial charge in [0.1, 0.15) is 5.75 Å². The second-order valence-corrected chi connectivity index (χ2v) is 7.57. The Labute approximate surface area is 170 Å². The molecule has 0 spiro atoms. The third-order valence-corrected chi connectivity index (χ3v) is 5.86. The lowest BCUT2D eigenvalue weighted by molar-refractivity contribution is -0.138. The first-order valence-electron chi connectivity index (χ1n) is 9.55. The van der Waals surface area contributed by atoms with Gasteiger partial charge in [-0.05, 0) is 37.5 Å². The summed E-state index contributed by atoms with van der Waals surface area (Å²) in [5.41, 5.74) is 0.938. The number of thiocarbonyl (C=S) groups is 1. The van der Waals surface area contributed by atoms with Crippen molar-refractivity contribution in [3.8, 4) is 5.75 Å². The lowest BCUT2D eigenvalue weighted by Crippen LogP contribution is -2.62. The van der Waals surface area contributed by atoms with Crippen LogP contribution < -0.4 is 15.4 Å². The number of hydrogen-bond acceptors (Lipinski definition) is 5. The molecule has 3 rings (SSSR count). The van der Waals surface area contributed by atoms with Gasteiger partial charge >= 0.3 is 0 Å². The minimum atomic E-state index is -0.137. The fourth-order valence-electron chi connectivity index (χ4n) is 3.97. The van der Waals surface area contributed by atoms with Gasteiger partial charge in [-0.1, -0.05) is 18.2 Å². The molecule has 2 fully saturated rings. The quantitative estimate of drug-likeness (QED) is 0.669. The minimum Gasteiger partial charge on any atom is -0.496 e.